The fourth-order valence-corrected chi connectivity index (χ4v) is 2.89. The Balaban J connectivity index is 1.98. The van der Waals surface area contributed by atoms with Crippen LogP contribution < -0.4 is 0 Å². The molecule has 0 bridgehead atoms. The summed E-state index contributed by atoms with van der Waals surface area (Å²) in [5.74, 6) is 0.880. The van der Waals surface area contributed by atoms with Crippen LogP contribution in [0.2, 0.25) is 0 Å². The molecule has 21 heavy (non-hydrogen) atoms. The summed E-state index contributed by atoms with van der Waals surface area (Å²) in [6, 6.07) is 14.0. The first-order valence-electron chi connectivity index (χ1n) is 7.15. The lowest BCUT2D eigenvalue weighted by molar-refractivity contribution is 0.104. The van der Waals surface area contributed by atoms with E-state index in [0.717, 1.165) is 39.8 Å². The molecule has 1 aliphatic rings. The maximum absolute atomic E-state index is 12.0. The molecule has 4 rings (SSSR count). The fourth-order valence-electron chi connectivity index (χ4n) is 2.89. The van der Waals surface area contributed by atoms with Gasteiger partial charge in [-0.25, -0.2) is 0 Å². The van der Waals surface area contributed by atoms with Crippen LogP contribution in [0.3, 0.4) is 0 Å². The van der Waals surface area contributed by atoms with Crippen LogP contribution in [0.1, 0.15) is 28.4 Å². The van der Waals surface area contributed by atoms with Gasteiger partial charge in [0.1, 0.15) is 11.3 Å². The number of rotatable bonds is 2. The van der Waals surface area contributed by atoms with Crippen molar-refractivity contribution in [2.45, 2.75) is 13.3 Å². The Kier molecular flexibility index (Phi) is 2.58. The monoisotopic (exact) mass is 274 g/mol. The lowest BCUT2D eigenvalue weighted by atomic mass is 9.94. The van der Waals surface area contributed by atoms with Crippen molar-refractivity contribution in [3.63, 3.8) is 0 Å². The molecule has 2 heteroatoms. The molecular formula is C19H14O2. The molecule has 102 valence electrons. The highest BCUT2D eigenvalue weighted by molar-refractivity contribution is 6.20. The van der Waals surface area contributed by atoms with E-state index in [0.29, 0.717) is 0 Å². The molecule has 2 nitrogen and oxygen atoms in total. The van der Waals surface area contributed by atoms with Crippen LogP contribution in [0.15, 0.2) is 53.0 Å². The molecule has 0 amide bonds. The minimum absolute atomic E-state index is 0.0433. The second-order valence-electron chi connectivity index (χ2n) is 5.27. The summed E-state index contributed by atoms with van der Waals surface area (Å²) in [6.07, 6.45) is 4.51. The third kappa shape index (κ3) is 1.76. The van der Waals surface area contributed by atoms with E-state index >= 15 is 0 Å². The number of hydrogen-bond donors (Lipinski definition) is 0. The molecule has 0 N–H and O–H groups in total. The van der Waals surface area contributed by atoms with Crippen molar-refractivity contribution in [1.29, 1.82) is 0 Å². The molecule has 1 aromatic heterocycles. The Morgan fingerprint density at radius 3 is 2.57 bits per heavy atom. The van der Waals surface area contributed by atoms with E-state index in [1.54, 1.807) is 6.08 Å². The summed E-state index contributed by atoms with van der Waals surface area (Å²) < 4.78 is 6.02. The summed E-state index contributed by atoms with van der Waals surface area (Å²) in [5.41, 5.74) is 4.85. The second kappa shape index (κ2) is 4.45. The predicted molar refractivity (Wildman–Crippen MR) is 84.4 cm³/mol. The summed E-state index contributed by atoms with van der Waals surface area (Å²) in [6.45, 7) is 2.14. The Bertz CT molecular complexity index is 880. The molecule has 0 fully saturated rings. The van der Waals surface area contributed by atoms with Crippen LogP contribution in [0.4, 0.5) is 0 Å². The van der Waals surface area contributed by atoms with E-state index in [9.17, 15) is 4.79 Å². The Hall–Kier alpha value is -2.61. The van der Waals surface area contributed by atoms with Crippen LogP contribution in [0.5, 0.6) is 0 Å². The van der Waals surface area contributed by atoms with Crippen LogP contribution in [0.25, 0.3) is 28.4 Å². The van der Waals surface area contributed by atoms with Crippen molar-refractivity contribution in [1.82, 2.24) is 0 Å². The highest BCUT2D eigenvalue weighted by Crippen LogP contribution is 2.38. The third-order valence-corrected chi connectivity index (χ3v) is 4.04. The van der Waals surface area contributed by atoms with Crippen LogP contribution in [-0.4, -0.2) is 5.78 Å². The molecule has 0 unspecified atom stereocenters. The number of carbonyl (C=O) groups is 1. The first kappa shape index (κ1) is 12.2. The van der Waals surface area contributed by atoms with Crippen LogP contribution in [0, 0.1) is 0 Å². The van der Waals surface area contributed by atoms with Crippen molar-refractivity contribution in [2.24, 2.45) is 0 Å². The molecule has 0 spiro atoms. The van der Waals surface area contributed by atoms with Crippen molar-refractivity contribution in [3.05, 3.63) is 65.2 Å². The standard InChI is InChI=1S/C19H14O2/c1-2-12-6-8-13(9-7-12)19-15-10-11-16(20)14-4-3-5-17(21-19)18(14)15/h3-11H,2H2,1H3. The van der Waals surface area contributed by atoms with Gasteiger partial charge in [-0.05, 0) is 30.2 Å². The number of hydrogen-bond acceptors (Lipinski definition) is 2. The smallest absolute Gasteiger partial charge is 0.186 e. The third-order valence-electron chi connectivity index (χ3n) is 4.04. The quantitative estimate of drug-likeness (QED) is 0.667. The van der Waals surface area contributed by atoms with E-state index in [1.165, 1.54) is 5.56 Å². The van der Waals surface area contributed by atoms with Crippen molar-refractivity contribution >= 4 is 22.8 Å². The normalized spacial score (nSPS) is 13.1. The molecule has 0 aliphatic heterocycles. The van der Waals surface area contributed by atoms with Crippen molar-refractivity contribution in [2.75, 3.05) is 0 Å². The number of allylic oxidation sites excluding steroid dienone is 1. The van der Waals surface area contributed by atoms with Crippen molar-refractivity contribution in [3.8, 4) is 11.3 Å². The molecule has 3 aromatic rings. The molecule has 1 heterocycles. The molecule has 0 atom stereocenters. The van der Waals surface area contributed by atoms with Crippen LogP contribution in [-0.2, 0) is 6.42 Å². The maximum atomic E-state index is 12.0. The first-order chi connectivity index (χ1) is 10.3. The molecule has 2 aromatic carbocycles. The van der Waals surface area contributed by atoms with E-state index in [4.69, 9.17) is 4.42 Å². The summed E-state index contributed by atoms with van der Waals surface area (Å²) >= 11 is 0. The van der Waals surface area contributed by atoms with E-state index in [2.05, 4.69) is 31.2 Å². The number of furan rings is 1. The van der Waals surface area contributed by atoms with E-state index in [-0.39, 0.29) is 5.78 Å². The zero-order valence-electron chi connectivity index (χ0n) is 11.7. The van der Waals surface area contributed by atoms with Gasteiger partial charge in [0.2, 0.25) is 0 Å². The molecule has 0 saturated heterocycles. The second-order valence-corrected chi connectivity index (χ2v) is 5.27. The Labute approximate surface area is 122 Å². The van der Waals surface area contributed by atoms with Gasteiger partial charge in [-0.3, -0.25) is 4.79 Å². The Morgan fingerprint density at radius 1 is 1.00 bits per heavy atom. The number of carbonyl (C=O) groups excluding carboxylic acids is 1. The van der Waals surface area contributed by atoms with Gasteiger partial charge in [0, 0.05) is 22.1 Å². The minimum atomic E-state index is 0.0433. The molecule has 0 saturated carbocycles. The molecule has 0 radical (unpaired) electrons. The van der Waals surface area contributed by atoms with Gasteiger partial charge in [0.25, 0.3) is 0 Å². The highest BCUT2D eigenvalue weighted by Gasteiger charge is 2.22. The molecular weight excluding hydrogens is 260 g/mol. The van der Waals surface area contributed by atoms with Gasteiger partial charge in [-0.15, -0.1) is 0 Å². The van der Waals surface area contributed by atoms with Gasteiger partial charge >= 0.3 is 0 Å². The maximum Gasteiger partial charge on any atom is 0.186 e. The fraction of sp³-hybridized carbons (Fsp3) is 0.105. The van der Waals surface area contributed by atoms with E-state index < -0.39 is 0 Å². The lowest BCUT2D eigenvalue weighted by Gasteiger charge is -2.05. The predicted octanol–water partition coefficient (Wildman–Crippen LogP) is 4.87. The Morgan fingerprint density at radius 2 is 1.81 bits per heavy atom. The van der Waals surface area contributed by atoms with Crippen LogP contribution >= 0.6 is 0 Å². The zero-order chi connectivity index (χ0) is 14.4. The average Bonchev–Trinajstić information content (AvgIpc) is 2.91. The largest absolute Gasteiger partial charge is 0.455 e. The summed E-state index contributed by atoms with van der Waals surface area (Å²) in [5, 5.41) is 0.930. The summed E-state index contributed by atoms with van der Waals surface area (Å²) in [4.78, 5) is 12.0. The average molecular weight is 274 g/mol. The van der Waals surface area contributed by atoms with Gasteiger partial charge in [-0.2, -0.15) is 0 Å². The minimum Gasteiger partial charge on any atom is -0.455 e. The van der Waals surface area contributed by atoms with Gasteiger partial charge in [-0.1, -0.05) is 43.3 Å². The number of benzene rings is 2. The lowest BCUT2D eigenvalue weighted by Crippen LogP contribution is -1.99. The molecule has 1 aliphatic carbocycles. The van der Waals surface area contributed by atoms with Gasteiger partial charge < -0.3 is 4.42 Å². The number of aryl methyl sites for hydroxylation is 1. The van der Waals surface area contributed by atoms with Crippen molar-refractivity contribution < 1.29 is 9.21 Å². The summed E-state index contributed by atoms with van der Waals surface area (Å²) in [7, 11) is 0. The van der Waals surface area contributed by atoms with E-state index in [1.807, 2.05) is 24.3 Å². The topological polar surface area (TPSA) is 30.2 Å². The number of ketones is 1. The highest BCUT2D eigenvalue weighted by atomic mass is 16.3. The first-order valence-corrected chi connectivity index (χ1v) is 7.15. The SMILES string of the molecule is CCc1ccc(-c2oc3cccc4c3c2C=CC4=O)cc1. The van der Waals surface area contributed by atoms with Gasteiger partial charge in [0.15, 0.2) is 5.78 Å². The zero-order valence-corrected chi connectivity index (χ0v) is 11.7. The van der Waals surface area contributed by atoms with Gasteiger partial charge in [0.05, 0.1) is 0 Å².